The molecule has 2 aliphatic heterocycles. The van der Waals surface area contributed by atoms with Gasteiger partial charge in [0.25, 0.3) is 0 Å². The predicted molar refractivity (Wildman–Crippen MR) is 147 cm³/mol. The van der Waals surface area contributed by atoms with Crippen molar-refractivity contribution in [3.63, 3.8) is 0 Å². The quantitative estimate of drug-likeness (QED) is 0.294. The summed E-state index contributed by atoms with van der Waals surface area (Å²) in [5, 5.41) is 6.83. The van der Waals surface area contributed by atoms with E-state index in [9.17, 15) is 0 Å². The predicted octanol–water partition coefficient (Wildman–Crippen LogP) is 3.28. The summed E-state index contributed by atoms with van der Waals surface area (Å²) in [6, 6.07) is 15.5. The molecule has 0 amide bonds. The summed E-state index contributed by atoms with van der Waals surface area (Å²) in [6.07, 6.45) is 1.99. The van der Waals surface area contributed by atoms with Crippen LogP contribution in [-0.2, 0) is 25.9 Å². The Morgan fingerprint density at radius 2 is 1.70 bits per heavy atom. The van der Waals surface area contributed by atoms with Gasteiger partial charge in [-0.15, -0.1) is 24.0 Å². The van der Waals surface area contributed by atoms with Crippen LogP contribution in [0.5, 0.6) is 5.75 Å². The first kappa shape index (κ1) is 25.8. The molecule has 0 aliphatic carbocycles. The Bertz CT molecular complexity index is 894. The van der Waals surface area contributed by atoms with Crippen LogP contribution in [-0.4, -0.2) is 68.7 Å². The maximum atomic E-state index is 5.60. The third kappa shape index (κ3) is 7.86. The van der Waals surface area contributed by atoms with Gasteiger partial charge >= 0.3 is 0 Å². The van der Waals surface area contributed by atoms with E-state index in [1.165, 1.54) is 22.3 Å². The highest BCUT2D eigenvalue weighted by Crippen LogP contribution is 2.25. The van der Waals surface area contributed by atoms with Crippen molar-refractivity contribution in [2.24, 2.45) is 4.99 Å². The maximum Gasteiger partial charge on any atom is 0.191 e. The van der Waals surface area contributed by atoms with Crippen molar-refractivity contribution in [3.8, 4) is 5.75 Å². The van der Waals surface area contributed by atoms with Crippen LogP contribution in [0.3, 0.4) is 0 Å². The van der Waals surface area contributed by atoms with Crippen molar-refractivity contribution in [3.05, 3.63) is 64.7 Å². The highest BCUT2D eigenvalue weighted by Gasteiger charge is 2.14. The lowest BCUT2D eigenvalue weighted by atomic mass is 10.1. The van der Waals surface area contributed by atoms with Gasteiger partial charge in [-0.1, -0.05) is 36.4 Å². The molecule has 0 atom stereocenters. The molecular weight excluding hydrogens is 525 g/mol. The Morgan fingerprint density at radius 1 is 0.970 bits per heavy atom. The zero-order valence-electron chi connectivity index (χ0n) is 20.0. The minimum absolute atomic E-state index is 0. The number of nitrogens with one attached hydrogen (secondary N) is 2. The lowest BCUT2D eigenvalue weighted by molar-refractivity contribution is 0.148. The normalized spacial score (nSPS) is 16.6. The van der Waals surface area contributed by atoms with Crippen LogP contribution in [0, 0.1) is 0 Å². The zero-order chi connectivity index (χ0) is 22.2. The largest absolute Gasteiger partial charge is 0.493 e. The summed E-state index contributed by atoms with van der Waals surface area (Å²) in [7, 11) is 2.20. The smallest absolute Gasteiger partial charge is 0.191 e. The third-order valence-electron chi connectivity index (χ3n) is 6.25. The molecule has 6 nitrogen and oxygen atoms in total. The van der Waals surface area contributed by atoms with Crippen LogP contribution < -0.4 is 15.4 Å². The lowest BCUT2D eigenvalue weighted by Crippen LogP contribution is -2.43. The average molecular weight is 564 g/mol. The number of hydrogen-bond acceptors (Lipinski definition) is 4. The molecule has 1 saturated heterocycles. The second-order valence-electron chi connectivity index (χ2n) is 8.81. The minimum atomic E-state index is 0. The van der Waals surface area contributed by atoms with Crippen molar-refractivity contribution in [2.45, 2.75) is 32.9 Å². The topological polar surface area (TPSA) is 52.1 Å². The summed E-state index contributed by atoms with van der Waals surface area (Å²) < 4.78 is 5.60. The molecular formula is C26H38IN5O. The van der Waals surface area contributed by atoms with Gasteiger partial charge < -0.3 is 20.3 Å². The number of rotatable bonds is 8. The van der Waals surface area contributed by atoms with Gasteiger partial charge in [0.2, 0.25) is 0 Å². The van der Waals surface area contributed by atoms with Crippen molar-refractivity contribution in [1.82, 2.24) is 20.4 Å². The number of halogens is 1. The Morgan fingerprint density at radius 3 is 2.45 bits per heavy atom. The van der Waals surface area contributed by atoms with E-state index in [0.717, 1.165) is 77.0 Å². The van der Waals surface area contributed by atoms with Gasteiger partial charge in [0, 0.05) is 52.2 Å². The number of aliphatic imine (C=N–C) groups is 1. The first-order chi connectivity index (χ1) is 15.7. The number of fused-ring (bicyclic) bond motifs is 1. The highest BCUT2D eigenvalue weighted by atomic mass is 127. The van der Waals surface area contributed by atoms with E-state index in [-0.39, 0.29) is 24.0 Å². The first-order valence-corrected chi connectivity index (χ1v) is 11.9. The number of guanidine groups is 1. The van der Waals surface area contributed by atoms with E-state index in [1.54, 1.807) is 0 Å². The molecule has 180 valence electrons. The van der Waals surface area contributed by atoms with Gasteiger partial charge in [-0.2, -0.15) is 0 Å². The number of hydrogen-bond donors (Lipinski definition) is 2. The van der Waals surface area contributed by atoms with E-state index in [4.69, 9.17) is 9.73 Å². The second kappa shape index (κ2) is 13.2. The fourth-order valence-corrected chi connectivity index (χ4v) is 4.25. The van der Waals surface area contributed by atoms with Crippen LogP contribution in [0.1, 0.15) is 29.2 Å². The van der Waals surface area contributed by atoms with E-state index >= 15 is 0 Å². The molecule has 2 aromatic carbocycles. The number of nitrogens with zero attached hydrogens (tertiary/aromatic N) is 3. The van der Waals surface area contributed by atoms with Gasteiger partial charge in [0.05, 0.1) is 13.2 Å². The van der Waals surface area contributed by atoms with Crippen molar-refractivity contribution < 1.29 is 4.74 Å². The van der Waals surface area contributed by atoms with Gasteiger partial charge in [-0.25, -0.2) is 4.99 Å². The molecule has 2 aliphatic rings. The van der Waals surface area contributed by atoms with Crippen LogP contribution in [0.15, 0.2) is 47.5 Å². The summed E-state index contributed by atoms with van der Waals surface area (Å²) in [5.74, 6) is 1.92. The van der Waals surface area contributed by atoms with Gasteiger partial charge in [0.1, 0.15) is 5.75 Å². The molecule has 0 radical (unpaired) electrons. The molecule has 0 unspecified atom stereocenters. The molecule has 0 spiro atoms. The number of benzene rings is 2. The highest BCUT2D eigenvalue weighted by molar-refractivity contribution is 14.0. The Balaban J connectivity index is 0.00000306. The molecule has 33 heavy (non-hydrogen) atoms. The number of ether oxygens (including phenoxy) is 1. The Hall–Kier alpha value is -1.84. The van der Waals surface area contributed by atoms with E-state index in [0.29, 0.717) is 6.54 Å². The lowest BCUT2D eigenvalue weighted by Gasteiger charge is -2.32. The standard InChI is InChI=1S/C26H37N5O.HI/c1-3-27-26(28-12-10-21-8-9-25-24(18-21)11-17-32-25)29-19-22-4-6-23(7-5-22)20-31-15-13-30(2)14-16-31;/h4-9,18H,3,10-17,19-20H2,1-2H3,(H2,27,28,29);1H. The fourth-order valence-electron chi connectivity index (χ4n) is 4.25. The Kier molecular flexibility index (Phi) is 10.3. The molecule has 2 aromatic rings. The third-order valence-corrected chi connectivity index (χ3v) is 6.25. The molecule has 2 N–H and O–H groups in total. The van der Waals surface area contributed by atoms with E-state index < -0.39 is 0 Å². The number of piperazine rings is 1. The fraction of sp³-hybridized carbons (Fsp3) is 0.500. The number of likely N-dealkylation sites (N-methyl/N-ethyl adjacent to an activating group) is 1. The summed E-state index contributed by atoms with van der Waals surface area (Å²) in [4.78, 5) is 9.72. The molecule has 0 saturated carbocycles. The summed E-state index contributed by atoms with van der Waals surface area (Å²) in [6.45, 7) is 11.0. The monoisotopic (exact) mass is 563 g/mol. The Labute approximate surface area is 215 Å². The maximum absolute atomic E-state index is 5.60. The van der Waals surface area contributed by atoms with Gasteiger partial charge in [-0.3, -0.25) is 4.90 Å². The molecule has 4 rings (SSSR count). The van der Waals surface area contributed by atoms with E-state index in [1.807, 2.05) is 0 Å². The van der Waals surface area contributed by atoms with Crippen molar-refractivity contribution in [2.75, 3.05) is 52.9 Å². The van der Waals surface area contributed by atoms with Crippen molar-refractivity contribution >= 4 is 29.9 Å². The molecule has 2 heterocycles. The molecule has 7 heteroatoms. The SMILES string of the molecule is CCNC(=NCc1ccc(CN2CCN(C)CC2)cc1)NCCc1ccc2c(c1)CCO2.I. The van der Waals surface area contributed by atoms with Crippen LogP contribution in [0.4, 0.5) is 0 Å². The van der Waals surface area contributed by atoms with Gasteiger partial charge in [0.15, 0.2) is 5.96 Å². The van der Waals surface area contributed by atoms with E-state index in [2.05, 4.69) is 76.9 Å². The zero-order valence-corrected chi connectivity index (χ0v) is 22.3. The second-order valence-corrected chi connectivity index (χ2v) is 8.81. The molecule has 0 aromatic heterocycles. The van der Waals surface area contributed by atoms with Crippen LogP contribution >= 0.6 is 24.0 Å². The summed E-state index contributed by atoms with van der Waals surface area (Å²) in [5.41, 5.74) is 5.29. The first-order valence-electron chi connectivity index (χ1n) is 11.9. The van der Waals surface area contributed by atoms with Gasteiger partial charge in [-0.05, 0) is 48.7 Å². The molecule has 0 bridgehead atoms. The summed E-state index contributed by atoms with van der Waals surface area (Å²) >= 11 is 0. The van der Waals surface area contributed by atoms with Crippen LogP contribution in [0.25, 0.3) is 0 Å². The van der Waals surface area contributed by atoms with Crippen molar-refractivity contribution in [1.29, 1.82) is 0 Å². The van der Waals surface area contributed by atoms with Crippen LogP contribution in [0.2, 0.25) is 0 Å². The minimum Gasteiger partial charge on any atom is -0.493 e. The molecule has 1 fully saturated rings. The average Bonchev–Trinajstić information content (AvgIpc) is 3.28.